The van der Waals surface area contributed by atoms with E-state index in [-0.39, 0.29) is 23.2 Å². The van der Waals surface area contributed by atoms with Crippen molar-refractivity contribution >= 4 is 17.9 Å². The van der Waals surface area contributed by atoms with Gasteiger partial charge in [-0.15, -0.1) is 0 Å². The predicted octanol–water partition coefficient (Wildman–Crippen LogP) is 2.96. The SMILES string of the molecule is O=C(C=Cc1ccc(F)cc1)N1CCN(C(=O)c2ccccc2F)CC1. The molecule has 26 heavy (non-hydrogen) atoms. The maximum Gasteiger partial charge on any atom is 0.256 e. The number of amides is 2. The number of carbonyl (C=O) groups is 2. The molecule has 6 heteroatoms. The first-order chi connectivity index (χ1) is 12.5. The van der Waals surface area contributed by atoms with Gasteiger partial charge in [-0.3, -0.25) is 9.59 Å². The van der Waals surface area contributed by atoms with Gasteiger partial charge in [0.2, 0.25) is 5.91 Å². The second kappa shape index (κ2) is 7.91. The standard InChI is InChI=1S/C20H18F2N2O2/c21-16-8-5-15(6-9-16)7-10-19(25)23-11-13-24(14-12-23)20(26)17-3-1-2-4-18(17)22/h1-10H,11-14H2. The number of hydrogen-bond donors (Lipinski definition) is 0. The average molecular weight is 356 g/mol. The third kappa shape index (κ3) is 4.14. The van der Waals surface area contributed by atoms with Crippen LogP contribution in [0.4, 0.5) is 8.78 Å². The second-order valence-electron chi connectivity index (χ2n) is 5.98. The molecule has 2 aromatic carbocycles. The van der Waals surface area contributed by atoms with Crippen molar-refractivity contribution in [2.45, 2.75) is 0 Å². The molecule has 0 aliphatic carbocycles. The number of carbonyl (C=O) groups excluding carboxylic acids is 2. The van der Waals surface area contributed by atoms with Crippen LogP contribution in [-0.4, -0.2) is 47.8 Å². The summed E-state index contributed by atoms with van der Waals surface area (Å²) >= 11 is 0. The number of rotatable bonds is 3. The minimum atomic E-state index is -0.543. The van der Waals surface area contributed by atoms with Crippen LogP contribution in [-0.2, 0) is 4.79 Å². The molecule has 0 saturated carbocycles. The van der Waals surface area contributed by atoms with Gasteiger partial charge < -0.3 is 9.80 Å². The minimum Gasteiger partial charge on any atom is -0.336 e. The van der Waals surface area contributed by atoms with E-state index in [9.17, 15) is 18.4 Å². The molecular weight excluding hydrogens is 338 g/mol. The van der Waals surface area contributed by atoms with Gasteiger partial charge in [0.1, 0.15) is 11.6 Å². The zero-order valence-electron chi connectivity index (χ0n) is 14.1. The fraction of sp³-hybridized carbons (Fsp3) is 0.200. The molecule has 0 N–H and O–H groups in total. The Hall–Kier alpha value is -3.02. The molecular formula is C20H18F2N2O2. The Morgan fingerprint density at radius 1 is 0.846 bits per heavy atom. The highest BCUT2D eigenvalue weighted by Gasteiger charge is 2.25. The van der Waals surface area contributed by atoms with E-state index in [0.717, 1.165) is 5.56 Å². The highest BCUT2D eigenvalue weighted by atomic mass is 19.1. The van der Waals surface area contributed by atoms with Crippen molar-refractivity contribution in [3.8, 4) is 0 Å². The Labute approximate surface area is 150 Å². The van der Waals surface area contributed by atoms with Gasteiger partial charge >= 0.3 is 0 Å². The van der Waals surface area contributed by atoms with E-state index >= 15 is 0 Å². The monoisotopic (exact) mass is 356 g/mol. The van der Waals surface area contributed by atoms with E-state index in [1.807, 2.05) is 0 Å². The van der Waals surface area contributed by atoms with Crippen LogP contribution in [0.15, 0.2) is 54.6 Å². The van der Waals surface area contributed by atoms with E-state index in [4.69, 9.17) is 0 Å². The van der Waals surface area contributed by atoms with Gasteiger partial charge in [0.25, 0.3) is 5.91 Å². The molecule has 0 atom stereocenters. The van der Waals surface area contributed by atoms with Gasteiger partial charge in [-0.25, -0.2) is 8.78 Å². The Balaban J connectivity index is 1.56. The van der Waals surface area contributed by atoms with Crippen molar-refractivity contribution in [2.24, 2.45) is 0 Å². The summed E-state index contributed by atoms with van der Waals surface area (Å²) in [5.74, 6) is -1.41. The molecule has 1 heterocycles. The zero-order chi connectivity index (χ0) is 18.5. The normalized spacial score (nSPS) is 14.7. The van der Waals surface area contributed by atoms with Crippen molar-refractivity contribution < 1.29 is 18.4 Å². The van der Waals surface area contributed by atoms with Crippen LogP contribution in [0, 0.1) is 11.6 Å². The van der Waals surface area contributed by atoms with Gasteiger partial charge in [-0.05, 0) is 35.9 Å². The van der Waals surface area contributed by atoms with Crippen molar-refractivity contribution in [3.05, 3.63) is 77.4 Å². The Morgan fingerprint density at radius 2 is 1.46 bits per heavy atom. The maximum atomic E-state index is 13.7. The first-order valence-electron chi connectivity index (χ1n) is 8.31. The molecule has 134 valence electrons. The van der Waals surface area contributed by atoms with Crippen LogP contribution in [0.25, 0.3) is 6.08 Å². The maximum absolute atomic E-state index is 13.7. The van der Waals surface area contributed by atoms with E-state index in [2.05, 4.69) is 0 Å². The summed E-state index contributed by atoms with van der Waals surface area (Å²) in [4.78, 5) is 27.8. The Kier molecular flexibility index (Phi) is 5.41. The van der Waals surface area contributed by atoms with Crippen molar-refractivity contribution in [3.63, 3.8) is 0 Å². The van der Waals surface area contributed by atoms with Gasteiger partial charge in [0.15, 0.2) is 0 Å². The molecule has 1 aliphatic heterocycles. The van der Waals surface area contributed by atoms with E-state index in [0.29, 0.717) is 26.2 Å². The average Bonchev–Trinajstić information content (AvgIpc) is 2.67. The van der Waals surface area contributed by atoms with E-state index < -0.39 is 5.82 Å². The second-order valence-corrected chi connectivity index (χ2v) is 5.98. The van der Waals surface area contributed by atoms with Crippen molar-refractivity contribution in [1.29, 1.82) is 0 Å². The third-order valence-corrected chi connectivity index (χ3v) is 4.27. The minimum absolute atomic E-state index is 0.0449. The topological polar surface area (TPSA) is 40.6 Å². The first kappa shape index (κ1) is 17.8. The summed E-state index contributed by atoms with van der Waals surface area (Å²) in [6.45, 7) is 1.46. The number of hydrogen-bond acceptors (Lipinski definition) is 2. The molecule has 0 spiro atoms. The fourth-order valence-electron chi connectivity index (χ4n) is 2.78. The quantitative estimate of drug-likeness (QED) is 0.794. The number of piperazine rings is 1. The Morgan fingerprint density at radius 3 is 2.12 bits per heavy atom. The fourth-order valence-corrected chi connectivity index (χ4v) is 2.78. The van der Waals surface area contributed by atoms with Gasteiger partial charge in [0.05, 0.1) is 5.56 Å². The van der Waals surface area contributed by atoms with E-state index in [1.165, 1.54) is 36.4 Å². The first-order valence-corrected chi connectivity index (χ1v) is 8.31. The number of nitrogens with zero attached hydrogens (tertiary/aromatic N) is 2. The Bertz CT molecular complexity index is 826. The molecule has 1 fully saturated rings. The summed E-state index contributed by atoms with van der Waals surface area (Å²) < 4.78 is 26.6. The lowest BCUT2D eigenvalue weighted by Gasteiger charge is -2.34. The van der Waals surface area contributed by atoms with Crippen LogP contribution in [0.2, 0.25) is 0 Å². The zero-order valence-corrected chi connectivity index (χ0v) is 14.1. The third-order valence-electron chi connectivity index (χ3n) is 4.27. The number of halogens is 2. The summed E-state index contributed by atoms with van der Waals surface area (Å²) in [5, 5.41) is 0. The van der Waals surface area contributed by atoms with Gasteiger partial charge in [-0.2, -0.15) is 0 Å². The molecule has 2 amide bonds. The lowest BCUT2D eigenvalue weighted by atomic mass is 10.1. The van der Waals surface area contributed by atoms with Crippen LogP contribution < -0.4 is 0 Å². The van der Waals surface area contributed by atoms with Gasteiger partial charge in [-0.1, -0.05) is 24.3 Å². The van der Waals surface area contributed by atoms with E-state index in [1.54, 1.807) is 34.1 Å². The molecule has 1 aliphatic rings. The summed E-state index contributed by atoms with van der Waals surface area (Å²) in [6, 6.07) is 11.7. The predicted molar refractivity (Wildman–Crippen MR) is 94.3 cm³/mol. The summed E-state index contributed by atoms with van der Waals surface area (Å²) in [5.41, 5.74) is 0.775. The summed E-state index contributed by atoms with van der Waals surface area (Å²) in [7, 11) is 0. The molecule has 0 unspecified atom stereocenters. The number of benzene rings is 2. The molecule has 1 saturated heterocycles. The highest BCUT2D eigenvalue weighted by molar-refractivity contribution is 5.95. The molecule has 2 aromatic rings. The lowest BCUT2D eigenvalue weighted by molar-refractivity contribution is -0.127. The lowest BCUT2D eigenvalue weighted by Crippen LogP contribution is -2.50. The molecule has 0 radical (unpaired) electrons. The van der Waals surface area contributed by atoms with Crippen LogP contribution in [0.1, 0.15) is 15.9 Å². The molecule has 0 aromatic heterocycles. The van der Waals surface area contributed by atoms with Crippen LogP contribution in [0.3, 0.4) is 0 Å². The van der Waals surface area contributed by atoms with Gasteiger partial charge in [0, 0.05) is 32.3 Å². The summed E-state index contributed by atoms with van der Waals surface area (Å²) in [6.07, 6.45) is 3.06. The highest BCUT2D eigenvalue weighted by Crippen LogP contribution is 2.13. The molecule has 4 nitrogen and oxygen atoms in total. The van der Waals surface area contributed by atoms with Crippen LogP contribution >= 0.6 is 0 Å². The van der Waals surface area contributed by atoms with Crippen molar-refractivity contribution in [1.82, 2.24) is 9.80 Å². The van der Waals surface area contributed by atoms with Crippen molar-refractivity contribution in [2.75, 3.05) is 26.2 Å². The molecule has 3 rings (SSSR count). The van der Waals surface area contributed by atoms with Crippen LogP contribution in [0.5, 0.6) is 0 Å². The largest absolute Gasteiger partial charge is 0.336 e. The smallest absolute Gasteiger partial charge is 0.256 e. The molecule has 0 bridgehead atoms.